The van der Waals surface area contributed by atoms with E-state index in [9.17, 15) is 0 Å². The molecule has 15 N–H and O–H groups in total. The number of allylic oxidation sites excluding steroid dienone is 10. The third-order valence-corrected chi connectivity index (χ3v) is 19.1. The predicted molar refractivity (Wildman–Crippen MR) is 441 cm³/mol. The zero-order valence-corrected chi connectivity index (χ0v) is 62.2. The van der Waals surface area contributed by atoms with E-state index < -0.39 is 0 Å². The molecule has 0 spiro atoms. The number of unbranched alkanes of at least 4 members (excludes halogenated alkanes) is 3. The number of benzene rings is 2. The van der Waals surface area contributed by atoms with Gasteiger partial charge in [-0.1, -0.05) is 121 Å². The molecule has 0 radical (unpaired) electrons. The summed E-state index contributed by atoms with van der Waals surface area (Å²) >= 11 is 0. The molecule has 21 heteroatoms. The number of anilines is 1. The lowest BCUT2D eigenvalue weighted by Gasteiger charge is -2.22. The summed E-state index contributed by atoms with van der Waals surface area (Å²) in [4.78, 5) is 18.0. The first-order valence-corrected chi connectivity index (χ1v) is 36.9. The Morgan fingerprint density at radius 2 is 1.48 bits per heavy atom. The van der Waals surface area contributed by atoms with Crippen molar-refractivity contribution in [2.75, 3.05) is 12.3 Å². The molecule has 550 valence electrons. The molecule has 2 aliphatic rings. The summed E-state index contributed by atoms with van der Waals surface area (Å²) in [6.45, 7) is 26.6. The number of nitrogens with one attached hydrogen (secondary N) is 7. The Morgan fingerprint density at radius 1 is 0.755 bits per heavy atom. The molecule has 0 saturated heterocycles. The molecule has 1 atom stereocenters. The molecule has 0 bridgehead atoms. The lowest BCUT2D eigenvalue weighted by molar-refractivity contribution is 0.418. The van der Waals surface area contributed by atoms with Crippen molar-refractivity contribution in [1.82, 2.24) is 76.5 Å². The van der Waals surface area contributed by atoms with Gasteiger partial charge in [-0.15, -0.1) is 0 Å². The smallest absolute Gasteiger partial charge is 0.0750 e. The van der Waals surface area contributed by atoms with E-state index in [1.54, 1.807) is 55.4 Å². The topological polar surface area (TPSA) is 339 Å². The second-order valence-corrected chi connectivity index (χ2v) is 26.4. The molecule has 0 amide bonds. The highest BCUT2D eigenvalue weighted by Gasteiger charge is 2.21. The second kappa shape index (κ2) is 40.7. The highest BCUT2D eigenvalue weighted by Crippen LogP contribution is 2.40. The summed E-state index contributed by atoms with van der Waals surface area (Å²) in [6, 6.07) is 13.9. The van der Waals surface area contributed by atoms with Crippen LogP contribution in [-0.4, -0.2) is 89.6 Å². The lowest BCUT2D eigenvalue weighted by Crippen LogP contribution is -2.25. The Hall–Kier alpha value is -12.0. The fraction of sp³-hybridized carbons (Fsp3) is 0.294. The third-order valence-electron chi connectivity index (χ3n) is 19.1. The van der Waals surface area contributed by atoms with Gasteiger partial charge in [0, 0.05) is 121 Å². The molecule has 21 nitrogen and oxygen atoms in total. The molecule has 2 aliphatic carbocycles. The van der Waals surface area contributed by atoms with Crippen molar-refractivity contribution >= 4 is 80.7 Å². The first kappa shape index (κ1) is 78.1. The summed E-state index contributed by atoms with van der Waals surface area (Å²) in [5, 5.41) is 51.2. The van der Waals surface area contributed by atoms with Crippen molar-refractivity contribution < 1.29 is 0 Å². The number of H-pyrrole nitrogens is 6. The number of aliphatic imine (C=N–C) groups is 2. The Morgan fingerprint density at radius 3 is 2.19 bits per heavy atom. The highest BCUT2D eigenvalue weighted by molar-refractivity contribution is 6.22. The number of nitrogens with zero attached hydrogens (tertiary/aromatic N) is 10. The molecule has 0 aliphatic heterocycles. The summed E-state index contributed by atoms with van der Waals surface area (Å²) in [5.41, 5.74) is 46.5. The number of aromatic amines is 6. The first-order chi connectivity index (χ1) is 51.8. The Bertz CT molecular complexity index is 4990. The molecule has 2 aromatic carbocycles. The zero-order valence-electron chi connectivity index (χ0n) is 62.2. The van der Waals surface area contributed by atoms with Gasteiger partial charge >= 0.3 is 0 Å². The number of aryl methyl sites for hydroxylation is 3. The molecule has 1 saturated carbocycles. The van der Waals surface area contributed by atoms with Crippen LogP contribution in [0.5, 0.6) is 0 Å². The third kappa shape index (κ3) is 21.1. The van der Waals surface area contributed by atoms with Crippen LogP contribution in [0.2, 0.25) is 0 Å². The van der Waals surface area contributed by atoms with Gasteiger partial charge in [0.1, 0.15) is 0 Å². The quantitative estimate of drug-likeness (QED) is 0.00715. The molecule has 1 fully saturated rings. The summed E-state index contributed by atoms with van der Waals surface area (Å²) in [5.74, 6) is 0.704. The van der Waals surface area contributed by atoms with Gasteiger partial charge in [-0.2, -0.15) is 30.6 Å². The number of fused-ring (bicyclic) bond motifs is 4. The van der Waals surface area contributed by atoms with E-state index in [0.29, 0.717) is 11.6 Å². The first-order valence-electron chi connectivity index (χ1n) is 36.9. The molecule has 8 aromatic heterocycles. The van der Waals surface area contributed by atoms with E-state index in [1.807, 2.05) is 93.3 Å². The van der Waals surface area contributed by atoms with Crippen molar-refractivity contribution in [3.8, 4) is 11.3 Å². The van der Waals surface area contributed by atoms with E-state index in [0.717, 1.165) is 186 Å². The fourth-order valence-corrected chi connectivity index (χ4v) is 13.2. The standard InChI is InChI=1S/C23H38N6.C23H24N4.C20H27N5.C19H16N6/c1-4-6-8-13-27-14-12-23(26)22(16-25)21(15-24)19(9-7-5-2)10-11-20-17-28-29-18(20)3;1-16-7-6-14-25-21(16)11-5-3-9-17-8-2-4-10-18(17)23-19-15-26-27-22(19)13-12-20(23)24;1-3-19-17(13-22-25-19)11-12-21-20(18-14-23-24-15(18)2)10-9-16-7-5-4-6-8-16;1-4-15(20-5-2)12-8-18(13-9-21-24-11(13)3)23-17-7-6-16-14(19(12)17)10-22-25-16/h10,12,14-17H,4-9,11,13,24-26H2,1-3H3,(H,28,29);3,5-7,11-15H,1-2,4,8-10,24H2,(H,26,27);3,9-14,16,20-21H,1,4-8H2,2H3,(H,22,25)(H,23,24);4-10H,1-2H2,3H3,(H,21,24)(H,22,25)/b19-10-,21-15+,22-16?,23-12?,27-14?;5-3+,21-11+;10-9+,12-11+;. The number of rotatable bonds is 28. The summed E-state index contributed by atoms with van der Waals surface area (Å²) in [7, 11) is 0. The average molecular weight is 1420 g/mol. The highest BCUT2D eigenvalue weighted by atomic mass is 15.1. The monoisotopic (exact) mass is 1420 g/mol. The average Bonchev–Trinajstić information content (AvgIpc) is 1.69. The number of hydrogen-bond acceptors (Lipinski definition) is 15. The maximum absolute atomic E-state index is 6.37. The van der Waals surface area contributed by atoms with Crippen LogP contribution in [0.4, 0.5) is 5.69 Å². The van der Waals surface area contributed by atoms with E-state index in [1.165, 1.54) is 86.9 Å². The fourth-order valence-electron chi connectivity index (χ4n) is 13.2. The van der Waals surface area contributed by atoms with Crippen LogP contribution in [0.15, 0.2) is 211 Å². The van der Waals surface area contributed by atoms with E-state index >= 15 is 0 Å². The van der Waals surface area contributed by atoms with Gasteiger partial charge in [-0.3, -0.25) is 45.6 Å². The molecule has 12 rings (SSSR count). The van der Waals surface area contributed by atoms with Gasteiger partial charge in [-0.25, -0.2) is 4.98 Å². The van der Waals surface area contributed by atoms with E-state index in [-0.39, 0.29) is 6.04 Å². The molecule has 8 heterocycles. The minimum atomic E-state index is 0.107. The molecule has 10 aromatic rings. The minimum Gasteiger partial charge on any atom is -0.404 e. The lowest BCUT2D eigenvalue weighted by atomic mass is 9.84. The maximum atomic E-state index is 6.37. The number of nitrogen functional groups attached to an aromatic ring is 1. The van der Waals surface area contributed by atoms with Crippen LogP contribution >= 0.6 is 0 Å². The molecule has 1 unspecified atom stereocenters. The van der Waals surface area contributed by atoms with Crippen molar-refractivity contribution in [2.45, 2.75) is 150 Å². The normalized spacial score (nSPS) is 14.8. The van der Waals surface area contributed by atoms with Crippen molar-refractivity contribution in [2.24, 2.45) is 33.1 Å². The summed E-state index contributed by atoms with van der Waals surface area (Å²) in [6.07, 6.45) is 61.2. The number of aromatic nitrogens is 14. The molecule has 106 heavy (non-hydrogen) atoms. The minimum absolute atomic E-state index is 0.107. The van der Waals surface area contributed by atoms with Crippen molar-refractivity contribution in [3.63, 3.8) is 0 Å². The van der Waals surface area contributed by atoms with Crippen LogP contribution in [0, 0.1) is 26.7 Å². The number of hydrogen-bond donors (Lipinski definition) is 11. The van der Waals surface area contributed by atoms with Crippen LogP contribution in [-0.2, 0) is 6.42 Å². The van der Waals surface area contributed by atoms with Gasteiger partial charge < -0.3 is 28.3 Å². The van der Waals surface area contributed by atoms with Crippen LogP contribution in [0.1, 0.15) is 173 Å². The molecular formula is C85H105N21. The van der Waals surface area contributed by atoms with Gasteiger partial charge in [-0.05, 0) is 192 Å². The van der Waals surface area contributed by atoms with Gasteiger partial charge in [0.15, 0.2) is 0 Å². The Kier molecular flexibility index (Phi) is 30.0. The van der Waals surface area contributed by atoms with Crippen molar-refractivity contribution in [3.05, 3.63) is 262 Å². The van der Waals surface area contributed by atoms with Crippen LogP contribution < -0.4 is 38.8 Å². The van der Waals surface area contributed by atoms with Gasteiger partial charge in [0.25, 0.3) is 0 Å². The van der Waals surface area contributed by atoms with Crippen LogP contribution in [0.3, 0.4) is 0 Å². The largest absolute Gasteiger partial charge is 0.404 e. The van der Waals surface area contributed by atoms with Crippen LogP contribution in [0.25, 0.3) is 74.3 Å². The number of pyridine rings is 2. The second-order valence-electron chi connectivity index (χ2n) is 26.4. The van der Waals surface area contributed by atoms with Gasteiger partial charge in [0.2, 0.25) is 0 Å². The zero-order chi connectivity index (χ0) is 75.0. The van der Waals surface area contributed by atoms with E-state index in [2.05, 4.69) is 159 Å². The predicted octanol–water partition coefficient (Wildman–Crippen LogP) is 16.3. The van der Waals surface area contributed by atoms with Crippen molar-refractivity contribution in [1.29, 1.82) is 0 Å². The van der Waals surface area contributed by atoms with Gasteiger partial charge in [0.05, 0.1) is 82.2 Å². The van der Waals surface area contributed by atoms with E-state index in [4.69, 9.17) is 27.9 Å². The molecular weight excluding hydrogens is 1320 g/mol. The SMILES string of the molecule is C=CN=C(C=C)c1cc(-c2cn[nH]c2C)nc2ccc3[nH]ncc3c12.C=Cc1[nH]ncc1/C=C/NC(/C=C/C1CCCCC1)c1cn[nH]c1C.C=c1cccn/c1=C/C=C/CC1=C(c2c(N)ccc3[nH]ncc23)CCCC1.CCCCCN=CC=C(N)C(=CN)C(=C/N)/C(=C\Cc1cn[nH]c1C)CCCC. The Labute approximate surface area is 622 Å². The maximum Gasteiger partial charge on any atom is 0.0750 e. The number of nitrogens with two attached hydrogens (primary N) is 4. The summed E-state index contributed by atoms with van der Waals surface area (Å²) < 4.78 is 0. The Balaban J connectivity index is 0.000000164.